The minimum atomic E-state index is -0.821. The number of likely N-dealkylation sites (tertiary alicyclic amines) is 1. The lowest BCUT2D eigenvalue weighted by Gasteiger charge is -2.30. The molecule has 0 unspecified atom stereocenters. The standard InChI is InChI=1S/C14H19N3O4/c1-2-21-14(20)11-9-10(15-16-11)13(19)17(12(9)18)8-6-4-3-5-7-8/h8-10,15H,2-7H2,1H3/t9-,10+/m0/s1. The fraction of sp³-hybridized carbons (Fsp3) is 0.714. The van der Waals surface area contributed by atoms with Crippen molar-refractivity contribution in [3.05, 3.63) is 0 Å². The van der Waals surface area contributed by atoms with Crippen LogP contribution in [0.2, 0.25) is 0 Å². The highest BCUT2D eigenvalue weighted by Gasteiger charge is 2.56. The van der Waals surface area contributed by atoms with E-state index in [4.69, 9.17) is 4.74 Å². The van der Waals surface area contributed by atoms with Gasteiger partial charge in [0.25, 0.3) is 5.91 Å². The molecule has 0 bridgehead atoms. The summed E-state index contributed by atoms with van der Waals surface area (Å²) in [6.45, 7) is 1.90. The Morgan fingerprint density at radius 2 is 2.00 bits per heavy atom. The number of nitrogens with one attached hydrogen (secondary N) is 1. The highest BCUT2D eigenvalue weighted by Crippen LogP contribution is 2.32. The van der Waals surface area contributed by atoms with E-state index in [-0.39, 0.29) is 30.2 Å². The quantitative estimate of drug-likeness (QED) is 0.593. The zero-order valence-electron chi connectivity index (χ0n) is 12.0. The third kappa shape index (κ3) is 2.20. The number of nitrogens with zero attached hydrogens (tertiary/aromatic N) is 2. The summed E-state index contributed by atoms with van der Waals surface area (Å²) in [4.78, 5) is 38.2. The SMILES string of the molecule is CCOC(=O)C1=NN[C@H]2C(=O)N(C3CCCCC3)C(=O)[C@H]12. The topological polar surface area (TPSA) is 88.1 Å². The minimum Gasteiger partial charge on any atom is -0.461 e. The maximum atomic E-state index is 12.6. The third-order valence-electron chi connectivity index (χ3n) is 4.38. The van der Waals surface area contributed by atoms with Gasteiger partial charge >= 0.3 is 5.97 Å². The molecule has 0 aromatic heterocycles. The second-order valence-electron chi connectivity index (χ2n) is 5.64. The number of rotatable bonds is 3. The van der Waals surface area contributed by atoms with Crippen LogP contribution in [0.1, 0.15) is 39.0 Å². The first-order chi connectivity index (χ1) is 10.1. The number of esters is 1. The number of hydrazone groups is 1. The van der Waals surface area contributed by atoms with E-state index in [1.165, 1.54) is 4.90 Å². The second kappa shape index (κ2) is 5.46. The normalized spacial score (nSPS) is 29.2. The largest absolute Gasteiger partial charge is 0.461 e. The molecular formula is C14H19N3O4. The van der Waals surface area contributed by atoms with Crippen molar-refractivity contribution >= 4 is 23.5 Å². The molecule has 2 aliphatic heterocycles. The second-order valence-corrected chi connectivity index (χ2v) is 5.64. The first-order valence-electron chi connectivity index (χ1n) is 7.52. The Kier molecular flexibility index (Phi) is 3.65. The van der Waals surface area contributed by atoms with Gasteiger partial charge in [0.05, 0.1) is 6.61 Å². The molecule has 2 heterocycles. The fourth-order valence-corrected chi connectivity index (χ4v) is 3.38. The number of hydrogen-bond acceptors (Lipinski definition) is 6. The lowest BCUT2D eigenvalue weighted by atomic mass is 9.94. The molecule has 7 nitrogen and oxygen atoms in total. The number of imide groups is 1. The minimum absolute atomic E-state index is 0.0264. The van der Waals surface area contributed by atoms with Gasteiger partial charge in [-0.2, -0.15) is 5.10 Å². The first kappa shape index (κ1) is 14.0. The maximum absolute atomic E-state index is 12.6. The Balaban J connectivity index is 1.80. The van der Waals surface area contributed by atoms with Crippen molar-refractivity contribution in [2.24, 2.45) is 11.0 Å². The number of carbonyl (C=O) groups excluding carboxylic acids is 3. The predicted molar refractivity (Wildman–Crippen MR) is 73.2 cm³/mol. The molecule has 0 radical (unpaired) electrons. The average Bonchev–Trinajstić information content (AvgIpc) is 3.02. The number of fused-ring (bicyclic) bond motifs is 1. The maximum Gasteiger partial charge on any atom is 0.355 e. The summed E-state index contributed by atoms with van der Waals surface area (Å²) in [6.07, 6.45) is 4.91. The van der Waals surface area contributed by atoms with Gasteiger partial charge in [0.1, 0.15) is 12.0 Å². The summed E-state index contributed by atoms with van der Waals surface area (Å²) in [7, 11) is 0. The van der Waals surface area contributed by atoms with Gasteiger partial charge in [0.15, 0.2) is 5.71 Å². The average molecular weight is 293 g/mol. The zero-order chi connectivity index (χ0) is 15.0. The van der Waals surface area contributed by atoms with Gasteiger partial charge in [0.2, 0.25) is 5.91 Å². The van der Waals surface area contributed by atoms with Gasteiger partial charge in [-0.15, -0.1) is 0 Å². The number of carbonyl (C=O) groups is 3. The van der Waals surface area contributed by atoms with Gasteiger partial charge in [-0.3, -0.25) is 19.9 Å². The van der Waals surface area contributed by atoms with E-state index < -0.39 is 17.9 Å². The third-order valence-corrected chi connectivity index (χ3v) is 4.38. The van der Waals surface area contributed by atoms with E-state index in [0.29, 0.717) is 0 Å². The molecule has 1 N–H and O–H groups in total. The summed E-state index contributed by atoms with van der Waals surface area (Å²) in [5.74, 6) is -2.02. The first-order valence-corrected chi connectivity index (χ1v) is 7.52. The van der Waals surface area contributed by atoms with E-state index in [0.717, 1.165) is 32.1 Å². The van der Waals surface area contributed by atoms with Crippen LogP contribution in [0.25, 0.3) is 0 Å². The molecule has 1 saturated carbocycles. The Morgan fingerprint density at radius 1 is 1.29 bits per heavy atom. The van der Waals surface area contributed by atoms with Crippen LogP contribution in [0.3, 0.4) is 0 Å². The van der Waals surface area contributed by atoms with Crippen LogP contribution in [-0.4, -0.2) is 47.1 Å². The molecule has 0 aromatic carbocycles. The molecule has 114 valence electrons. The van der Waals surface area contributed by atoms with Crippen molar-refractivity contribution in [3.8, 4) is 0 Å². The highest BCUT2D eigenvalue weighted by molar-refractivity contribution is 6.44. The summed E-state index contributed by atoms with van der Waals surface area (Å²) in [5, 5.41) is 3.84. The Morgan fingerprint density at radius 3 is 2.67 bits per heavy atom. The van der Waals surface area contributed by atoms with Crippen LogP contribution >= 0.6 is 0 Å². The van der Waals surface area contributed by atoms with Crippen molar-refractivity contribution in [1.29, 1.82) is 0 Å². The molecule has 3 aliphatic rings. The zero-order valence-corrected chi connectivity index (χ0v) is 12.0. The number of amides is 2. The van der Waals surface area contributed by atoms with Crippen LogP contribution in [0, 0.1) is 5.92 Å². The van der Waals surface area contributed by atoms with Gasteiger partial charge in [0, 0.05) is 6.04 Å². The molecule has 0 aromatic rings. The molecule has 1 saturated heterocycles. The smallest absolute Gasteiger partial charge is 0.355 e. The number of ether oxygens (including phenoxy) is 1. The molecule has 0 spiro atoms. The molecule has 1 aliphatic carbocycles. The van der Waals surface area contributed by atoms with Crippen LogP contribution in [0.15, 0.2) is 5.10 Å². The molecule has 21 heavy (non-hydrogen) atoms. The predicted octanol–water partition coefficient (Wildman–Crippen LogP) is 0.195. The van der Waals surface area contributed by atoms with Crippen molar-refractivity contribution in [1.82, 2.24) is 10.3 Å². The monoisotopic (exact) mass is 293 g/mol. The van der Waals surface area contributed by atoms with E-state index >= 15 is 0 Å². The highest BCUT2D eigenvalue weighted by atomic mass is 16.5. The van der Waals surface area contributed by atoms with E-state index in [1.54, 1.807) is 6.92 Å². The van der Waals surface area contributed by atoms with Crippen molar-refractivity contribution in [3.63, 3.8) is 0 Å². The van der Waals surface area contributed by atoms with Gasteiger partial charge in [-0.1, -0.05) is 19.3 Å². The van der Waals surface area contributed by atoms with Gasteiger partial charge in [-0.25, -0.2) is 4.79 Å². The molecular weight excluding hydrogens is 274 g/mol. The Labute approximate surface area is 122 Å². The lowest BCUT2D eigenvalue weighted by Crippen LogP contribution is -2.44. The number of hydrogen-bond donors (Lipinski definition) is 1. The summed E-state index contributed by atoms with van der Waals surface area (Å²) in [5.41, 5.74) is 2.66. The molecule has 2 amide bonds. The van der Waals surface area contributed by atoms with Crippen LogP contribution in [0.5, 0.6) is 0 Å². The van der Waals surface area contributed by atoms with Crippen LogP contribution in [0.4, 0.5) is 0 Å². The Bertz CT molecular complexity index is 510. The Hall–Kier alpha value is -1.92. The van der Waals surface area contributed by atoms with Crippen LogP contribution < -0.4 is 5.43 Å². The van der Waals surface area contributed by atoms with E-state index in [9.17, 15) is 14.4 Å². The van der Waals surface area contributed by atoms with Gasteiger partial charge < -0.3 is 4.74 Å². The molecule has 3 rings (SSSR count). The lowest BCUT2D eigenvalue weighted by molar-refractivity contribution is -0.143. The molecule has 2 fully saturated rings. The van der Waals surface area contributed by atoms with E-state index in [2.05, 4.69) is 10.5 Å². The van der Waals surface area contributed by atoms with E-state index in [1.807, 2.05) is 0 Å². The summed E-state index contributed by atoms with van der Waals surface area (Å²) < 4.78 is 4.91. The van der Waals surface area contributed by atoms with Crippen molar-refractivity contribution in [2.45, 2.75) is 51.1 Å². The van der Waals surface area contributed by atoms with Crippen molar-refractivity contribution in [2.75, 3.05) is 6.61 Å². The summed E-state index contributed by atoms with van der Waals surface area (Å²) in [6, 6.07) is -0.770. The van der Waals surface area contributed by atoms with Gasteiger partial charge in [-0.05, 0) is 19.8 Å². The fourth-order valence-electron chi connectivity index (χ4n) is 3.38. The molecule has 7 heteroatoms. The molecule has 2 atom stereocenters. The van der Waals surface area contributed by atoms with Crippen LogP contribution in [-0.2, 0) is 19.1 Å². The summed E-state index contributed by atoms with van der Waals surface area (Å²) >= 11 is 0. The van der Waals surface area contributed by atoms with Crippen molar-refractivity contribution < 1.29 is 19.1 Å².